The van der Waals surface area contributed by atoms with Crippen molar-refractivity contribution in [3.05, 3.63) is 57.3 Å². The van der Waals surface area contributed by atoms with Crippen LogP contribution in [-0.2, 0) is 19.6 Å². The average Bonchev–Trinajstić information content (AvgIpc) is 3.12. The maximum absolute atomic E-state index is 11.9. The van der Waals surface area contributed by atoms with Gasteiger partial charge in [0.05, 0.1) is 6.54 Å². The molecule has 1 aliphatic rings. The lowest BCUT2D eigenvalue weighted by molar-refractivity contribution is 0.132. The first-order chi connectivity index (χ1) is 13.1. The van der Waals surface area contributed by atoms with Gasteiger partial charge in [0.2, 0.25) is 0 Å². The fraction of sp³-hybridized carbons (Fsp3) is 0.476. The molecule has 6 heteroatoms. The molecular formula is C21H30N4OS. The standard InChI is InChI=1S/C21H30N4OS/c1-3-24-10-12-25(13-11-24)16-19-7-5-18(6-8-19)14-22-21(26)23-15-20-9-4-17(2)27-20/h4-9H,3,10-16H2,1-2H3,(H2,22,23,26). The van der Waals surface area contributed by atoms with Crippen molar-refractivity contribution in [2.45, 2.75) is 33.5 Å². The van der Waals surface area contributed by atoms with Gasteiger partial charge >= 0.3 is 6.03 Å². The van der Waals surface area contributed by atoms with Crippen LogP contribution in [-0.4, -0.2) is 48.6 Å². The van der Waals surface area contributed by atoms with Crippen LogP contribution in [0.5, 0.6) is 0 Å². The number of carbonyl (C=O) groups is 1. The normalized spacial score (nSPS) is 15.6. The van der Waals surface area contributed by atoms with E-state index in [1.807, 2.05) is 0 Å². The van der Waals surface area contributed by atoms with Crippen LogP contribution < -0.4 is 10.6 Å². The Morgan fingerprint density at radius 1 is 0.926 bits per heavy atom. The van der Waals surface area contributed by atoms with E-state index in [9.17, 15) is 4.79 Å². The van der Waals surface area contributed by atoms with Crippen molar-refractivity contribution in [2.75, 3.05) is 32.7 Å². The second-order valence-electron chi connectivity index (χ2n) is 7.08. The van der Waals surface area contributed by atoms with E-state index in [4.69, 9.17) is 0 Å². The minimum atomic E-state index is -0.126. The maximum Gasteiger partial charge on any atom is 0.315 e. The highest BCUT2D eigenvalue weighted by molar-refractivity contribution is 7.11. The van der Waals surface area contributed by atoms with E-state index in [1.165, 1.54) is 28.4 Å². The number of piperazine rings is 1. The number of rotatable bonds is 7. The molecule has 5 nitrogen and oxygen atoms in total. The Morgan fingerprint density at radius 3 is 2.19 bits per heavy atom. The largest absolute Gasteiger partial charge is 0.334 e. The highest BCUT2D eigenvalue weighted by Gasteiger charge is 2.15. The highest BCUT2D eigenvalue weighted by atomic mass is 32.1. The Labute approximate surface area is 166 Å². The van der Waals surface area contributed by atoms with Gasteiger partial charge in [0, 0.05) is 49.0 Å². The van der Waals surface area contributed by atoms with E-state index in [-0.39, 0.29) is 6.03 Å². The Bertz CT molecular complexity index is 720. The zero-order valence-electron chi connectivity index (χ0n) is 16.3. The van der Waals surface area contributed by atoms with Crippen LogP contribution in [0.1, 0.15) is 27.8 Å². The smallest absolute Gasteiger partial charge is 0.315 e. The quantitative estimate of drug-likeness (QED) is 0.768. The molecule has 0 unspecified atom stereocenters. The third kappa shape index (κ3) is 6.34. The fourth-order valence-electron chi connectivity index (χ4n) is 3.28. The van der Waals surface area contributed by atoms with Gasteiger partial charge in [-0.05, 0) is 36.7 Å². The number of nitrogens with zero attached hydrogens (tertiary/aromatic N) is 2. The number of urea groups is 1. The van der Waals surface area contributed by atoms with Gasteiger partial charge in [0.25, 0.3) is 0 Å². The predicted molar refractivity (Wildman–Crippen MR) is 112 cm³/mol. The van der Waals surface area contributed by atoms with Crippen molar-refractivity contribution in [1.82, 2.24) is 20.4 Å². The summed E-state index contributed by atoms with van der Waals surface area (Å²) in [5.41, 5.74) is 2.46. The first kappa shape index (κ1) is 19.9. The lowest BCUT2D eigenvalue weighted by Gasteiger charge is -2.34. The van der Waals surface area contributed by atoms with Gasteiger partial charge in [-0.15, -0.1) is 11.3 Å². The maximum atomic E-state index is 11.9. The number of thiophene rings is 1. The number of nitrogens with one attached hydrogen (secondary N) is 2. The lowest BCUT2D eigenvalue weighted by Crippen LogP contribution is -2.45. The fourth-order valence-corrected chi connectivity index (χ4v) is 4.11. The molecule has 1 aromatic carbocycles. The topological polar surface area (TPSA) is 47.6 Å². The first-order valence-corrected chi connectivity index (χ1v) is 10.5. The van der Waals surface area contributed by atoms with E-state index in [0.29, 0.717) is 13.1 Å². The molecule has 2 heterocycles. The summed E-state index contributed by atoms with van der Waals surface area (Å²) in [7, 11) is 0. The Balaban J connectivity index is 1.38. The first-order valence-electron chi connectivity index (χ1n) is 9.72. The molecule has 1 aliphatic heterocycles. The third-order valence-electron chi connectivity index (χ3n) is 5.01. The number of aryl methyl sites for hydroxylation is 1. The highest BCUT2D eigenvalue weighted by Crippen LogP contribution is 2.14. The second kappa shape index (κ2) is 9.88. The molecular weight excluding hydrogens is 356 g/mol. The molecule has 3 rings (SSSR count). The molecule has 1 saturated heterocycles. The molecule has 2 amide bonds. The molecule has 0 atom stereocenters. The van der Waals surface area contributed by atoms with E-state index in [0.717, 1.165) is 31.7 Å². The zero-order chi connectivity index (χ0) is 19.1. The summed E-state index contributed by atoms with van der Waals surface area (Å²) in [5, 5.41) is 5.83. The zero-order valence-corrected chi connectivity index (χ0v) is 17.1. The summed E-state index contributed by atoms with van der Waals surface area (Å²) in [5.74, 6) is 0. The van der Waals surface area contributed by atoms with Gasteiger partial charge in [-0.2, -0.15) is 0 Å². The van der Waals surface area contributed by atoms with Crippen LogP contribution in [0.15, 0.2) is 36.4 Å². The summed E-state index contributed by atoms with van der Waals surface area (Å²) in [6.45, 7) is 12.2. The Kier molecular flexibility index (Phi) is 7.26. The summed E-state index contributed by atoms with van der Waals surface area (Å²) in [6.07, 6.45) is 0. The molecule has 0 saturated carbocycles. The summed E-state index contributed by atoms with van der Waals surface area (Å²) < 4.78 is 0. The summed E-state index contributed by atoms with van der Waals surface area (Å²) in [6, 6.07) is 12.6. The molecule has 0 radical (unpaired) electrons. The van der Waals surface area contributed by atoms with Crippen LogP contribution in [0.4, 0.5) is 4.79 Å². The van der Waals surface area contributed by atoms with Crippen molar-refractivity contribution in [3.63, 3.8) is 0 Å². The molecule has 1 fully saturated rings. The van der Waals surface area contributed by atoms with Crippen molar-refractivity contribution in [1.29, 1.82) is 0 Å². The average molecular weight is 387 g/mol. The van der Waals surface area contributed by atoms with Crippen molar-refractivity contribution < 1.29 is 4.79 Å². The predicted octanol–water partition coefficient (Wildman–Crippen LogP) is 3.19. The Hall–Kier alpha value is -1.89. The number of amides is 2. The Morgan fingerprint density at radius 2 is 1.56 bits per heavy atom. The monoisotopic (exact) mass is 386 g/mol. The summed E-state index contributed by atoms with van der Waals surface area (Å²) in [4.78, 5) is 19.4. The lowest BCUT2D eigenvalue weighted by atomic mass is 10.1. The number of likely N-dealkylation sites (N-methyl/N-ethyl adjacent to an activating group) is 1. The van der Waals surface area contributed by atoms with Gasteiger partial charge in [-0.3, -0.25) is 4.90 Å². The number of benzene rings is 1. The molecule has 2 aromatic rings. The van der Waals surface area contributed by atoms with Crippen LogP contribution in [0, 0.1) is 6.92 Å². The van der Waals surface area contributed by atoms with Gasteiger partial charge in [0.1, 0.15) is 0 Å². The summed E-state index contributed by atoms with van der Waals surface area (Å²) >= 11 is 1.71. The minimum absolute atomic E-state index is 0.126. The van der Waals surface area contributed by atoms with Gasteiger partial charge in [-0.25, -0.2) is 4.79 Å². The molecule has 146 valence electrons. The van der Waals surface area contributed by atoms with E-state index < -0.39 is 0 Å². The van der Waals surface area contributed by atoms with Crippen molar-refractivity contribution >= 4 is 17.4 Å². The molecule has 0 aliphatic carbocycles. The second-order valence-corrected chi connectivity index (χ2v) is 8.45. The van der Waals surface area contributed by atoms with Crippen LogP contribution >= 0.6 is 11.3 Å². The minimum Gasteiger partial charge on any atom is -0.334 e. The molecule has 2 N–H and O–H groups in total. The molecule has 1 aromatic heterocycles. The molecule has 0 bridgehead atoms. The number of carbonyl (C=O) groups excluding carboxylic acids is 1. The third-order valence-corrected chi connectivity index (χ3v) is 6.01. The molecule has 27 heavy (non-hydrogen) atoms. The van der Waals surface area contributed by atoms with E-state index >= 15 is 0 Å². The van der Waals surface area contributed by atoms with E-state index in [2.05, 4.69) is 70.7 Å². The SMILES string of the molecule is CCN1CCN(Cc2ccc(CNC(=O)NCc3ccc(C)s3)cc2)CC1. The number of hydrogen-bond acceptors (Lipinski definition) is 4. The van der Waals surface area contributed by atoms with Crippen LogP contribution in [0.3, 0.4) is 0 Å². The van der Waals surface area contributed by atoms with Gasteiger partial charge in [-0.1, -0.05) is 31.2 Å². The van der Waals surface area contributed by atoms with Crippen LogP contribution in [0.2, 0.25) is 0 Å². The van der Waals surface area contributed by atoms with Gasteiger partial charge < -0.3 is 15.5 Å². The van der Waals surface area contributed by atoms with Crippen molar-refractivity contribution in [2.24, 2.45) is 0 Å². The van der Waals surface area contributed by atoms with Crippen LogP contribution in [0.25, 0.3) is 0 Å². The van der Waals surface area contributed by atoms with Gasteiger partial charge in [0.15, 0.2) is 0 Å². The molecule has 0 spiro atoms. The van der Waals surface area contributed by atoms with Crippen molar-refractivity contribution in [3.8, 4) is 0 Å². The number of hydrogen-bond donors (Lipinski definition) is 2. The van der Waals surface area contributed by atoms with E-state index in [1.54, 1.807) is 11.3 Å².